The second-order valence-corrected chi connectivity index (χ2v) is 6.37. The number of amidine groups is 1. The summed E-state index contributed by atoms with van der Waals surface area (Å²) < 4.78 is 5.34. The molecule has 0 saturated carbocycles. The number of aliphatic imine (C=N–C) groups is 2. The molecule has 2 amide bonds. The van der Waals surface area contributed by atoms with E-state index in [1.165, 1.54) is 11.1 Å². The molecule has 164 valence electrons. The average molecular weight is 424 g/mol. The summed E-state index contributed by atoms with van der Waals surface area (Å²) in [6.45, 7) is 0. The van der Waals surface area contributed by atoms with Crippen LogP contribution >= 0.6 is 0 Å². The van der Waals surface area contributed by atoms with Crippen molar-refractivity contribution in [2.75, 3.05) is 28.3 Å². The number of rotatable bonds is 5. The van der Waals surface area contributed by atoms with Gasteiger partial charge in [-0.3, -0.25) is 14.6 Å². The lowest BCUT2D eigenvalue weighted by molar-refractivity contribution is -0.116. The zero-order valence-corrected chi connectivity index (χ0v) is 18.3. The Hall–Kier alpha value is -3.94. The lowest BCUT2D eigenvalue weighted by Gasteiger charge is -2.10. The average Bonchev–Trinajstić information content (AvgIpc) is 3.23. The van der Waals surface area contributed by atoms with Crippen LogP contribution in [0.4, 0.5) is 5.69 Å². The summed E-state index contributed by atoms with van der Waals surface area (Å²) in [5, 5.41) is 2.59. The van der Waals surface area contributed by atoms with Gasteiger partial charge in [0.05, 0.1) is 12.8 Å². The molecule has 1 aliphatic heterocycles. The predicted octanol–water partition coefficient (Wildman–Crippen LogP) is 2.42. The van der Waals surface area contributed by atoms with Crippen LogP contribution in [0, 0.1) is 0 Å². The zero-order chi connectivity index (χ0) is 23.1. The van der Waals surface area contributed by atoms with Crippen LogP contribution in [0.3, 0.4) is 0 Å². The molecule has 2 aromatic carbocycles. The van der Waals surface area contributed by atoms with Crippen molar-refractivity contribution in [3.8, 4) is 5.75 Å². The Morgan fingerprint density at radius 2 is 1.74 bits per heavy atom. The number of carbonyl (C=O) groups excluding carboxylic acids is 2. The Bertz CT molecular complexity index is 896. The van der Waals surface area contributed by atoms with Gasteiger partial charge in [0.15, 0.2) is 0 Å². The van der Waals surface area contributed by atoms with Gasteiger partial charge in [0, 0.05) is 56.7 Å². The molecule has 0 spiro atoms. The van der Waals surface area contributed by atoms with Crippen LogP contribution in [0.1, 0.15) is 11.1 Å². The normalized spacial score (nSPS) is 11.7. The second-order valence-electron chi connectivity index (χ2n) is 6.37. The Balaban J connectivity index is 0.000000357. The van der Waals surface area contributed by atoms with Gasteiger partial charge in [-0.25, -0.2) is 4.99 Å². The van der Waals surface area contributed by atoms with Crippen LogP contribution in [-0.2, 0) is 16.0 Å². The van der Waals surface area contributed by atoms with Crippen molar-refractivity contribution in [3.05, 3.63) is 65.9 Å². The Kier molecular flexibility index (Phi) is 11.4. The van der Waals surface area contributed by atoms with Crippen molar-refractivity contribution >= 4 is 36.1 Å². The lowest BCUT2D eigenvalue weighted by Crippen LogP contribution is -2.21. The van der Waals surface area contributed by atoms with Gasteiger partial charge in [-0.15, -0.1) is 0 Å². The standard InChI is InChI=1S/C14H16N4O2.C6H6.C3H7NO/c1-16-7-9(6-15)10-3-4-12(20-2)11-5-13(17-8-19)18-14(10)11;1-2-4-6-5-3-1;1-4(2)3-5/h3-4,6-8H,5,15H2,1-2H3,(H,17,18,19);1-6H;3H,1-2H3. The molecule has 0 atom stereocenters. The number of allylic oxidation sites excluding steroid dienone is 1. The van der Waals surface area contributed by atoms with E-state index in [0.29, 0.717) is 18.7 Å². The van der Waals surface area contributed by atoms with Crippen LogP contribution in [-0.4, -0.2) is 58.0 Å². The van der Waals surface area contributed by atoms with Gasteiger partial charge in [0.1, 0.15) is 11.6 Å². The number of carbonyl (C=O) groups is 2. The van der Waals surface area contributed by atoms with Crippen LogP contribution in [0.15, 0.2) is 64.7 Å². The third-order valence-corrected chi connectivity index (χ3v) is 3.91. The smallest absolute Gasteiger partial charge is 0.212 e. The van der Waals surface area contributed by atoms with Crippen molar-refractivity contribution in [3.63, 3.8) is 0 Å². The monoisotopic (exact) mass is 423 g/mol. The van der Waals surface area contributed by atoms with E-state index in [4.69, 9.17) is 10.5 Å². The van der Waals surface area contributed by atoms with Gasteiger partial charge in [-0.05, 0) is 12.1 Å². The minimum Gasteiger partial charge on any atom is -0.496 e. The van der Waals surface area contributed by atoms with Crippen LogP contribution in [0.25, 0.3) is 5.57 Å². The highest BCUT2D eigenvalue weighted by molar-refractivity contribution is 6.13. The van der Waals surface area contributed by atoms with Crippen LogP contribution in [0.5, 0.6) is 5.75 Å². The van der Waals surface area contributed by atoms with Gasteiger partial charge in [0.2, 0.25) is 12.8 Å². The SMILES string of the molecule is CN(C)C=O.CN=CC(=CN)c1ccc(OC)c2c1N=C(NC=O)C2.c1ccccc1. The van der Waals surface area contributed by atoms with E-state index in [0.717, 1.165) is 34.5 Å². The molecule has 31 heavy (non-hydrogen) atoms. The van der Waals surface area contributed by atoms with Gasteiger partial charge in [-0.1, -0.05) is 36.4 Å². The first-order valence-corrected chi connectivity index (χ1v) is 9.46. The summed E-state index contributed by atoms with van der Waals surface area (Å²) in [4.78, 5) is 29.9. The van der Waals surface area contributed by atoms with E-state index in [-0.39, 0.29) is 0 Å². The van der Waals surface area contributed by atoms with Crippen LogP contribution in [0.2, 0.25) is 0 Å². The molecular weight excluding hydrogens is 394 g/mol. The van der Waals surface area contributed by atoms with Crippen molar-refractivity contribution < 1.29 is 14.3 Å². The molecule has 1 aliphatic rings. The van der Waals surface area contributed by atoms with Crippen molar-refractivity contribution in [1.82, 2.24) is 10.2 Å². The first kappa shape index (κ1) is 25.1. The first-order valence-electron chi connectivity index (χ1n) is 9.46. The summed E-state index contributed by atoms with van der Waals surface area (Å²) in [5.74, 6) is 1.32. The summed E-state index contributed by atoms with van der Waals surface area (Å²) in [6.07, 6.45) is 5.04. The maximum atomic E-state index is 10.6. The van der Waals surface area contributed by atoms with E-state index < -0.39 is 0 Å². The highest BCUT2D eigenvalue weighted by Gasteiger charge is 2.22. The number of methoxy groups -OCH3 is 1. The van der Waals surface area contributed by atoms with Crippen molar-refractivity contribution in [2.45, 2.75) is 6.42 Å². The number of nitrogens with one attached hydrogen (secondary N) is 1. The predicted molar refractivity (Wildman–Crippen MR) is 126 cm³/mol. The third-order valence-electron chi connectivity index (χ3n) is 3.91. The lowest BCUT2D eigenvalue weighted by atomic mass is 10.0. The molecule has 2 aromatic rings. The molecule has 0 fully saturated rings. The second kappa shape index (κ2) is 14.1. The summed E-state index contributed by atoms with van der Waals surface area (Å²) >= 11 is 0. The van der Waals surface area contributed by atoms with Crippen LogP contribution < -0.4 is 15.8 Å². The Morgan fingerprint density at radius 3 is 2.16 bits per heavy atom. The van der Waals surface area contributed by atoms with E-state index in [9.17, 15) is 9.59 Å². The zero-order valence-electron chi connectivity index (χ0n) is 18.3. The number of hydrogen-bond acceptors (Lipinski definition) is 6. The number of amides is 2. The fourth-order valence-corrected chi connectivity index (χ4v) is 2.56. The topological polar surface area (TPSA) is 109 Å². The quantitative estimate of drug-likeness (QED) is 0.568. The molecule has 1 heterocycles. The molecule has 3 rings (SSSR count). The largest absolute Gasteiger partial charge is 0.496 e. The molecular formula is C23H29N5O3. The summed E-state index contributed by atoms with van der Waals surface area (Å²) in [5.41, 5.74) is 8.95. The van der Waals surface area contributed by atoms with E-state index >= 15 is 0 Å². The number of nitrogens with two attached hydrogens (primary N) is 1. The van der Waals surface area contributed by atoms with Gasteiger partial charge in [-0.2, -0.15) is 0 Å². The van der Waals surface area contributed by atoms with E-state index in [1.54, 1.807) is 34.5 Å². The molecule has 0 unspecified atom stereocenters. The molecule has 0 aromatic heterocycles. The highest BCUT2D eigenvalue weighted by atomic mass is 16.5. The third kappa shape index (κ3) is 8.14. The first-order chi connectivity index (χ1) is 15.0. The minimum absolute atomic E-state index is 0.520. The van der Waals surface area contributed by atoms with E-state index in [1.807, 2.05) is 48.5 Å². The molecule has 0 bridgehead atoms. The number of hydrogen-bond donors (Lipinski definition) is 2. The van der Waals surface area contributed by atoms with Crippen molar-refractivity contribution in [1.29, 1.82) is 0 Å². The van der Waals surface area contributed by atoms with Gasteiger partial charge in [0.25, 0.3) is 0 Å². The number of benzene rings is 2. The molecule has 8 nitrogen and oxygen atoms in total. The molecule has 0 aliphatic carbocycles. The Morgan fingerprint density at radius 1 is 1.16 bits per heavy atom. The number of nitrogens with zero attached hydrogens (tertiary/aromatic N) is 3. The summed E-state index contributed by atoms with van der Waals surface area (Å²) in [7, 11) is 6.66. The molecule has 0 radical (unpaired) electrons. The maximum absolute atomic E-state index is 10.6. The fraction of sp³-hybridized carbons (Fsp3) is 0.217. The molecule has 0 saturated heterocycles. The van der Waals surface area contributed by atoms with Crippen molar-refractivity contribution in [2.24, 2.45) is 15.7 Å². The molecule has 8 heteroatoms. The summed E-state index contributed by atoms with van der Waals surface area (Å²) in [6, 6.07) is 15.7. The maximum Gasteiger partial charge on any atom is 0.212 e. The van der Waals surface area contributed by atoms with Gasteiger partial charge < -0.3 is 20.7 Å². The van der Waals surface area contributed by atoms with Gasteiger partial charge >= 0.3 is 0 Å². The number of fused-ring (bicyclic) bond motifs is 1. The molecule has 3 N–H and O–H groups in total. The van der Waals surface area contributed by atoms with E-state index in [2.05, 4.69) is 15.3 Å². The Labute approximate surface area is 183 Å². The minimum atomic E-state index is 0.520. The fourth-order valence-electron chi connectivity index (χ4n) is 2.56. The number of ether oxygens (including phenoxy) is 1. The highest BCUT2D eigenvalue weighted by Crippen LogP contribution is 2.39.